The third-order valence-electron chi connectivity index (χ3n) is 3.86. The summed E-state index contributed by atoms with van der Waals surface area (Å²) in [5.74, 6) is -1.52. The number of carbonyl (C=O) groups is 1. The van der Waals surface area contributed by atoms with Crippen LogP contribution in [0.5, 0.6) is 5.75 Å². The maximum Gasteiger partial charge on any atom is 0.358 e. The minimum absolute atomic E-state index is 0.00474. The SMILES string of the molecule is O=C(O)c1c(OC2CCCCC2)cnn1-c1ccccc1F. The van der Waals surface area contributed by atoms with Gasteiger partial charge in [-0.1, -0.05) is 18.6 Å². The van der Waals surface area contributed by atoms with Gasteiger partial charge in [-0.3, -0.25) is 0 Å². The molecule has 1 fully saturated rings. The fraction of sp³-hybridized carbons (Fsp3) is 0.375. The van der Waals surface area contributed by atoms with Crippen LogP contribution in [-0.2, 0) is 0 Å². The molecule has 0 unspecified atom stereocenters. The maximum atomic E-state index is 13.9. The van der Waals surface area contributed by atoms with E-state index in [1.165, 1.54) is 24.8 Å². The number of nitrogens with zero attached hydrogens (tertiary/aromatic N) is 2. The molecule has 0 spiro atoms. The number of aromatic nitrogens is 2. The zero-order valence-corrected chi connectivity index (χ0v) is 12.0. The lowest BCUT2D eigenvalue weighted by Crippen LogP contribution is -2.21. The molecule has 22 heavy (non-hydrogen) atoms. The van der Waals surface area contributed by atoms with Crippen molar-refractivity contribution < 1.29 is 19.0 Å². The number of halogens is 1. The summed E-state index contributed by atoms with van der Waals surface area (Å²) in [5.41, 5.74) is -0.0472. The predicted octanol–water partition coefficient (Wildman–Crippen LogP) is 3.42. The highest BCUT2D eigenvalue weighted by Crippen LogP contribution is 2.28. The number of ether oxygens (including phenoxy) is 1. The van der Waals surface area contributed by atoms with Gasteiger partial charge in [0.25, 0.3) is 0 Å². The standard InChI is InChI=1S/C16H17FN2O3/c17-12-8-4-5-9-13(12)19-15(16(20)21)14(10-18-19)22-11-6-2-1-3-7-11/h4-5,8-11H,1-3,6-7H2,(H,20,21). The zero-order chi connectivity index (χ0) is 15.5. The molecule has 1 saturated carbocycles. The number of aromatic carboxylic acids is 1. The maximum absolute atomic E-state index is 13.9. The van der Waals surface area contributed by atoms with Crippen LogP contribution in [-0.4, -0.2) is 27.0 Å². The lowest BCUT2D eigenvalue weighted by Gasteiger charge is -2.22. The molecule has 0 aliphatic heterocycles. The molecule has 0 amide bonds. The van der Waals surface area contributed by atoms with Crippen molar-refractivity contribution in [1.29, 1.82) is 0 Å². The molecular formula is C16H17FN2O3. The summed E-state index contributed by atoms with van der Waals surface area (Å²) in [4.78, 5) is 11.6. The Kier molecular flexibility index (Phi) is 4.09. The molecule has 0 bridgehead atoms. The van der Waals surface area contributed by atoms with Crippen molar-refractivity contribution in [3.05, 3.63) is 42.0 Å². The Hall–Kier alpha value is -2.37. The topological polar surface area (TPSA) is 64.3 Å². The van der Waals surface area contributed by atoms with Crippen molar-refractivity contribution in [3.63, 3.8) is 0 Å². The van der Waals surface area contributed by atoms with Gasteiger partial charge in [-0.15, -0.1) is 0 Å². The fourth-order valence-electron chi connectivity index (χ4n) is 2.78. The van der Waals surface area contributed by atoms with Gasteiger partial charge in [0.15, 0.2) is 11.4 Å². The molecule has 1 aliphatic rings. The van der Waals surface area contributed by atoms with E-state index < -0.39 is 11.8 Å². The van der Waals surface area contributed by atoms with E-state index in [-0.39, 0.29) is 23.2 Å². The van der Waals surface area contributed by atoms with Crippen molar-refractivity contribution in [2.45, 2.75) is 38.2 Å². The zero-order valence-electron chi connectivity index (χ0n) is 12.0. The van der Waals surface area contributed by atoms with Gasteiger partial charge in [0.2, 0.25) is 0 Å². The van der Waals surface area contributed by atoms with Gasteiger partial charge in [0.1, 0.15) is 11.5 Å². The Balaban J connectivity index is 1.95. The Labute approximate surface area is 127 Å². The van der Waals surface area contributed by atoms with Gasteiger partial charge in [-0.25, -0.2) is 13.9 Å². The predicted molar refractivity (Wildman–Crippen MR) is 78.0 cm³/mol. The monoisotopic (exact) mass is 304 g/mol. The largest absolute Gasteiger partial charge is 0.486 e. The van der Waals surface area contributed by atoms with Crippen molar-refractivity contribution in [2.24, 2.45) is 0 Å². The van der Waals surface area contributed by atoms with Crippen molar-refractivity contribution in [1.82, 2.24) is 9.78 Å². The highest BCUT2D eigenvalue weighted by Gasteiger charge is 2.25. The summed E-state index contributed by atoms with van der Waals surface area (Å²) in [5, 5.41) is 13.5. The van der Waals surface area contributed by atoms with Gasteiger partial charge in [0.05, 0.1) is 12.3 Å². The molecule has 1 heterocycles. The van der Waals surface area contributed by atoms with Crippen LogP contribution in [0.2, 0.25) is 0 Å². The quantitative estimate of drug-likeness (QED) is 0.940. The lowest BCUT2D eigenvalue weighted by molar-refractivity contribution is 0.0676. The first-order chi connectivity index (χ1) is 10.7. The average molecular weight is 304 g/mol. The van der Waals surface area contributed by atoms with Crippen LogP contribution in [0.3, 0.4) is 0 Å². The smallest absolute Gasteiger partial charge is 0.358 e. The summed E-state index contributed by atoms with van der Waals surface area (Å²) in [6, 6.07) is 5.93. The van der Waals surface area contributed by atoms with E-state index >= 15 is 0 Å². The molecule has 1 aliphatic carbocycles. The molecule has 1 aromatic carbocycles. The summed E-state index contributed by atoms with van der Waals surface area (Å²) in [6.07, 6.45) is 6.51. The fourth-order valence-corrected chi connectivity index (χ4v) is 2.78. The number of benzene rings is 1. The second kappa shape index (κ2) is 6.17. The third kappa shape index (κ3) is 2.81. The van der Waals surface area contributed by atoms with E-state index in [0.717, 1.165) is 30.4 Å². The van der Waals surface area contributed by atoms with Crippen LogP contribution in [0.25, 0.3) is 5.69 Å². The van der Waals surface area contributed by atoms with Gasteiger partial charge in [-0.2, -0.15) is 5.10 Å². The Morgan fingerprint density at radius 1 is 1.27 bits per heavy atom. The first-order valence-corrected chi connectivity index (χ1v) is 7.39. The summed E-state index contributed by atoms with van der Waals surface area (Å²) >= 11 is 0. The van der Waals surface area contributed by atoms with Crippen molar-refractivity contribution in [2.75, 3.05) is 0 Å². The highest BCUT2D eigenvalue weighted by atomic mass is 19.1. The molecule has 0 saturated heterocycles. The number of carboxylic acids is 1. The minimum Gasteiger partial charge on any atom is -0.486 e. The number of carboxylic acid groups (broad SMARTS) is 1. The summed E-state index contributed by atoms with van der Waals surface area (Å²) in [6.45, 7) is 0. The van der Waals surface area contributed by atoms with E-state index in [2.05, 4.69) is 5.10 Å². The Morgan fingerprint density at radius 3 is 2.68 bits per heavy atom. The van der Waals surface area contributed by atoms with E-state index in [1.54, 1.807) is 12.1 Å². The van der Waals surface area contributed by atoms with Gasteiger partial charge < -0.3 is 9.84 Å². The normalized spacial score (nSPS) is 15.7. The van der Waals surface area contributed by atoms with Crippen LogP contribution in [0.4, 0.5) is 4.39 Å². The van der Waals surface area contributed by atoms with Crippen LogP contribution >= 0.6 is 0 Å². The Morgan fingerprint density at radius 2 is 2.00 bits per heavy atom. The molecule has 1 N–H and O–H groups in total. The molecule has 1 aromatic heterocycles. The summed E-state index contributed by atoms with van der Waals surface area (Å²) in [7, 11) is 0. The Bertz CT molecular complexity index is 678. The first kappa shape index (κ1) is 14.6. The van der Waals surface area contributed by atoms with Crippen molar-refractivity contribution >= 4 is 5.97 Å². The van der Waals surface area contributed by atoms with E-state index in [4.69, 9.17) is 4.74 Å². The summed E-state index contributed by atoms with van der Waals surface area (Å²) < 4.78 is 20.8. The van der Waals surface area contributed by atoms with E-state index in [1.807, 2.05) is 0 Å². The molecule has 5 nitrogen and oxygen atoms in total. The van der Waals surface area contributed by atoms with Crippen LogP contribution in [0.1, 0.15) is 42.6 Å². The van der Waals surface area contributed by atoms with Crippen molar-refractivity contribution in [3.8, 4) is 11.4 Å². The molecule has 116 valence electrons. The first-order valence-electron chi connectivity index (χ1n) is 7.39. The highest BCUT2D eigenvalue weighted by molar-refractivity contribution is 5.89. The second-order valence-electron chi connectivity index (χ2n) is 5.40. The van der Waals surface area contributed by atoms with Gasteiger partial charge in [-0.05, 0) is 37.8 Å². The van der Waals surface area contributed by atoms with Crippen LogP contribution < -0.4 is 4.74 Å². The van der Waals surface area contributed by atoms with Crippen LogP contribution in [0, 0.1) is 5.82 Å². The molecule has 2 aromatic rings. The molecule has 6 heteroatoms. The third-order valence-corrected chi connectivity index (χ3v) is 3.86. The van der Waals surface area contributed by atoms with E-state index in [9.17, 15) is 14.3 Å². The lowest BCUT2D eigenvalue weighted by atomic mass is 9.98. The molecular weight excluding hydrogens is 287 g/mol. The average Bonchev–Trinajstić information content (AvgIpc) is 2.92. The number of hydrogen-bond donors (Lipinski definition) is 1. The second-order valence-corrected chi connectivity index (χ2v) is 5.40. The number of hydrogen-bond acceptors (Lipinski definition) is 3. The molecule has 3 rings (SSSR count). The number of rotatable bonds is 4. The number of para-hydroxylation sites is 1. The van der Waals surface area contributed by atoms with E-state index in [0.29, 0.717) is 0 Å². The molecule has 0 atom stereocenters. The van der Waals surface area contributed by atoms with Gasteiger partial charge in [0, 0.05) is 0 Å². The van der Waals surface area contributed by atoms with Crippen LogP contribution in [0.15, 0.2) is 30.5 Å². The minimum atomic E-state index is -1.19. The van der Waals surface area contributed by atoms with Gasteiger partial charge >= 0.3 is 5.97 Å². The molecule has 0 radical (unpaired) electrons.